The highest BCUT2D eigenvalue weighted by Crippen LogP contribution is 2.42. The van der Waals surface area contributed by atoms with Gasteiger partial charge in [-0.15, -0.1) is 0 Å². The van der Waals surface area contributed by atoms with Gasteiger partial charge in [0.15, 0.2) is 11.6 Å². The quantitative estimate of drug-likeness (QED) is 0.920. The fourth-order valence-corrected chi connectivity index (χ4v) is 2.47. The van der Waals surface area contributed by atoms with Crippen molar-refractivity contribution in [3.05, 3.63) is 59.2 Å². The fraction of sp³-hybridized carbons (Fsp3) is 0.250. The molecule has 5 heteroatoms. The maximum absolute atomic E-state index is 13.3. The first kappa shape index (κ1) is 13.8. The van der Waals surface area contributed by atoms with Gasteiger partial charge in [0.1, 0.15) is 17.6 Å². The molecule has 1 unspecified atom stereocenters. The van der Waals surface area contributed by atoms with Crippen molar-refractivity contribution in [2.24, 2.45) is 0 Å². The van der Waals surface area contributed by atoms with Gasteiger partial charge in [-0.3, -0.25) is 0 Å². The Labute approximate surface area is 120 Å². The van der Waals surface area contributed by atoms with Crippen LogP contribution in [0.1, 0.15) is 29.8 Å². The standard InChI is InChI=1S/C16H14F2O3/c1-20-10-3-4-11-14(19)8-15(21-16(11)7-10)9-2-5-12(17)13(18)6-9/h2-7,14-15,19H,8H2,1H3/t14-,15?/m0/s1. The van der Waals surface area contributed by atoms with E-state index in [0.29, 0.717) is 22.6 Å². The van der Waals surface area contributed by atoms with E-state index in [1.807, 2.05) is 0 Å². The summed E-state index contributed by atoms with van der Waals surface area (Å²) in [5.41, 5.74) is 1.15. The van der Waals surface area contributed by atoms with Crippen molar-refractivity contribution >= 4 is 0 Å². The first-order valence-electron chi connectivity index (χ1n) is 6.56. The lowest BCUT2D eigenvalue weighted by Crippen LogP contribution is -2.19. The Balaban J connectivity index is 1.94. The van der Waals surface area contributed by atoms with Crippen LogP contribution in [0, 0.1) is 11.6 Å². The minimum absolute atomic E-state index is 0.282. The van der Waals surface area contributed by atoms with E-state index in [2.05, 4.69) is 0 Å². The number of methoxy groups -OCH3 is 1. The SMILES string of the molecule is COc1ccc2c(c1)OC(c1ccc(F)c(F)c1)C[C@@H]2O. The minimum Gasteiger partial charge on any atom is -0.497 e. The van der Waals surface area contributed by atoms with E-state index in [4.69, 9.17) is 9.47 Å². The normalized spacial score (nSPS) is 20.6. The molecule has 21 heavy (non-hydrogen) atoms. The van der Waals surface area contributed by atoms with Crippen molar-refractivity contribution in [2.75, 3.05) is 7.11 Å². The van der Waals surface area contributed by atoms with E-state index < -0.39 is 23.8 Å². The van der Waals surface area contributed by atoms with Crippen LogP contribution >= 0.6 is 0 Å². The maximum atomic E-state index is 13.3. The number of hydrogen-bond acceptors (Lipinski definition) is 3. The highest BCUT2D eigenvalue weighted by Gasteiger charge is 2.28. The van der Waals surface area contributed by atoms with Gasteiger partial charge in [-0.1, -0.05) is 6.07 Å². The molecule has 0 spiro atoms. The number of aliphatic hydroxyl groups excluding tert-OH is 1. The Morgan fingerprint density at radius 3 is 2.67 bits per heavy atom. The molecule has 0 fully saturated rings. The molecule has 0 aromatic heterocycles. The zero-order valence-electron chi connectivity index (χ0n) is 11.3. The van der Waals surface area contributed by atoms with Crippen LogP contribution in [-0.4, -0.2) is 12.2 Å². The van der Waals surface area contributed by atoms with Crippen LogP contribution in [0.4, 0.5) is 8.78 Å². The summed E-state index contributed by atoms with van der Waals surface area (Å²) in [5.74, 6) is -0.742. The molecule has 3 rings (SSSR count). The van der Waals surface area contributed by atoms with Gasteiger partial charge in [0.25, 0.3) is 0 Å². The van der Waals surface area contributed by atoms with Crippen LogP contribution < -0.4 is 9.47 Å². The lowest BCUT2D eigenvalue weighted by Gasteiger charge is -2.30. The second-order valence-corrected chi connectivity index (χ2v) is 4.94. The summed E-state index contributed by atoms with van der Waals surface area (Å²) in [6, 6.07) is 8.76. The van der Waals surface area contributed by atoms with Crippen LogP contribution in [0.3, 0.4) is 0 Å². The van der Waals surface area contributed by atoms with Crippen molar-refractivity contribution in [3.8, 4) is 11.5 Å². The highest BCUT2D eigenvalue weighted by atomic mass is 19.2. The van der Waals surface area contributed by atoms with E-state index >= 15 is 0 Å². The van der Waals surface area contributed by atoms with Crippen molar-refractivity contribution in [1.82, 2.24) is 0 Å². The van der Waals surface area contributed by atoms with Crippen LogP contribution in [0.2, 0.25) is 0 Å². The van der Waals surface area contributed by atoms with Crippen molar-refractivity contribution in [2.45, 2.75) is 18.6 Å². The Kier molecular flexibility index (Phi) is 3.51. The molecular formula is C16H14F2O3. The van der Waals surface area contributed by atoms with Crippen LogP contribution in [0.15, 0.2) is 36.4 Å². The monoisotopic (exact) mass is 292 g/mol. The molecule has 1 aliphatic heterocycles. The zero-order valence-corrected chi connectivity index (χ0v) is 11.3. The largest absolute Gasteiger partial charge is 0.497 e. The molecule has 1 aliphatic rings. The molecule has 1 heterocycles. The molecule has 0 amide bonds. The Bertz CT molecular complexity index is 673. The molecule has 0 saturated heterocycles. The molecule has 2 aromatic rings. The topological polar surface area (TPSA) is 38.7 Å². The lowest BCUT2D eigenvalue weighted by molar-refractivity contribution is 0.0653. The van der Waals surface area contributed by atoms with Crippen molar-refractivity contribution in [3.63, 3.8) is 0 Å². The Morgan fingerprint density at radius 2 is 1.95 bits per heavy atom. The van der Waals surface area contributed by atoms with E-state index in [0.717, 1.165) is 12.1 Å². The third-order valence-electron chi connectivity index (χ3n) is 3.60. The Morgan fingerprint density at radius 1 is 1.14 bits per heavy atom. The molecule has 1 N–H and O–H groups in total. The molecular weight excluding hydrogens is 278 g/mol. The molecule has 0 saturated carbocycles. The summed E-state index contributed by atoms with van der Waals surface area (Å²) in [6.07, 6.45) is -0.975. The Hall–Kier alpha value is -2.14. The molecule has 110 valence electrons. The number of ether oxygens (including phenoxy) is 2. The second-order valence-electron chi connectivity index (χ2n) is 4.94. The number of benzene rings is 2. The van der Waals surface area contributed by atoms with Gasteiger partial charge >= 0.3 is 0 Å². The summed E-state index contributed by atoms with van der Waals surface area (Å²) in [7, 11) is 1.54. The number of aliphatic hydroxyl groups is 1. The van der Waals surface area contributed by atoms with E-state index in [9.17, 15) is 13.9 Å². The lowest BCUT2D eigenvalue weighted by atomic mass is 9.95. The first-order valence-corrected chi connectivity index (χ1v) is 6.56. The smallest absolute Gasteiger partial charge is 0.159 e. The predicted octanol–water partition coefficient (Wildman–Crippen LogP) is 3.53. The minimum atomic E-state index is -0.929. The average Bonchev–Trinajstić information content (AvgIpc) is 2.49. The van der Waals surface area contributed by atoms with E-state index in [1.165, 1.54) is 13.2 Å². The third kappa shape index (κ3) is 2.56. The van der Waals surface area contributed by atoms with Gasteiger partial charge in [-0.2, -0.15) is 0 Å². The summed E-state index contributed by atoms with van der Waals surface area (Å²) in [6.45, 7) is 0. The van der Waals surface area contributed by atoms with Gasteiger partial charge in [0.05, 0.1) is 13.2 Å². The van der Waals surface area contributed by atoms with Crippen molar-refractivity contribution in [1.29, 1.82) is 0 Å². The molecule has 0 radical (unpaired) electrons. The summed E-state index contributed by atoms with van der Waals surface area (Å²) < 4.78 is 37.2. The molecule has 0 aliphatic carbocycles. The highest BCUT2D eigenvalue weighted by molar-refractivity contribution is 5.44. The van der Waals surface area contributed by atoms with Gasteiger partial charge < -0.3 is 14.6 Å². The summed E-state index contributed by atoms with van der Waals surface area (Å²) >= 11 is 0. The first-order chi connectivity index (χ1) is 10.1. The zero-order chi connectivity index (χ0) is 15.0. The maximum Gasteiger partial charge on any atom is 0.159 e. The van der Waals surface area contributed by atoms with Gasteiger partial charge in [0.2, 0.25) is 0 Å². The van der Waals surface area contributed by atoms with Crippen LogP contribution in [0.5, 0.6) is 11.5 Å². The molecule has 2 atom stereocenters. The van der Waals surface area contributed by atoms with Crippen LogP contribution in [0.25, 0.3) is 0 Å². The molecule has 3 nitrogen and oxygen atoms in total. The number of halogens is 2. The van der Waals surface area contributed by atoms with Crippen molar-refractivity contribution < 1.29 is 23.4 Å². The number of hydrogen-bond donors (Lipinski definition) is 1. The fourth-order valence-electron chi connectivity index (χ4n) is 2.47. The second kappa shape index (κ2) is 5.33. The third-order valence-corrected chi connectivity index (χ3v) is 3.60. The van der Waals surface area contributed by atoms with Gasteiger partial charge in [0, 0.05) is 18.1 Å². The van der Waals surface area contributed by atoms with Crippen LogP contribution in [-0.2, 0) is 0 Å². The number of rotatable bonds is 2. The van der Waals surface area contributed by atoms with E-state index in [1.54, 1.807) is 18.2 Å². The molecule has 2 aromatic carbocycles. The molecule has 0 bridgehead atoms. The average molecular weight is 292 g/mol. The predicted molar refractivity (Wildman–Crippen MR) is 72.3 cm³/mol. The number of fused-ring (bicyclic) bond motifs is 1. The van der Waals surface area contributed by atoms with Gasteiger partial charge in [-0.25, -0.2) is 8.78 Å². The van der Waals surface area contributed by atoms with Gasteiger partial charge in [-0.05, 0) is 29.8 Å². The van der Waals surface area contributed by atoms with E-state index in [-0.39, 0.29) is 6.42 Å². The summed E-state index contributed by atoms with van der Waals surface area (Å²) in [5, 5.41) is 10.2. The summed E-state index contributed by atoms with van der Waals surface area (Å²) in [4.78, 5) is 0.